The maximum Gasteiger partial charge on any atom is 0.270 e. The zero-order chi connectivity index (χ0) is 22.8. The molecule has 7 nitrogen and oxygen atoms in total. The quantitative estimate of drug-likeness (QED) is 0.564. The molecule has 3 aromatic rings. The largest absolute Gasteiger partial charge is 0.504 e. The topological polar surface area (TPSA) is 75.1 Å². The van der Waals surface area contributed by atoms with Crippen molar-refractivity contribution in [1.29, 1.82) is 0 Å². The van der Waals surface area contributed by atoms with Gasteiger partial charge in [0.05, 0.1) is 12.8 Å². The number of amides is 1. The van der Waals surface area contributed by atoms with Crippen molar-refractivity contribution in [3.63, 3.8) is 0 Å². The predicted octanol–water partition coefficient (Wildman–Crippen LogP) is 4.20. The summed E-state index contributed by atoms with van der Waals surface area (Å²) in [5, 5.41) is 11.3. The first-order chi connectivity index (χ1) is 16.1. The zero-order valence-corrected chi connectivity index (χ0v) is 19.4. The Hall–Kier alpha value is -3.10. The molecule has 1 fully saturated rings. The maximum atomic E-state index is 13.2. The highest BCUT2D eigenvalue weighted by Gasteiger charge is 2.30. The number of likely N-dealkylation sites (tertiary alicyclic amines) is 1. The van der Waals surface area contributed by atoms with Crippen molar-refractivity contribution in [3.8, 4) is 27.8 Å². The second kappa shape index (κ2) is 9.41. The number of anilines is 1. The fraction of sp³-hybridized carbons (Fsp3) is 0.360. The van der Waals surface area contributed by atoms with Crippen molar-refractivity contribution in [2.24, 2.45) is 0 Å². The Morgan fingerprint density at radius 2 is 1.88 bits per heavy atom. The number of methoxy groups -OCH3 is 1. The van der Waals surface area contributed by atoms with Crippen LogP contribution in [0.1, 0.15) is 28.2 Å². The van der Waals surface area contributed by atoms with E-state index in [9.17, 15) is 9.90 Å². The number of benzene rings is 2. The van der Waals surface area contributed by atoms with Gasteiger partial charge in [-0.15, -0.1) is 11.3 Å². The van der Waals surface area contributed by atoms with E-state index in [1.54, 1.807) is 24.1 Å². The number of phenolic OH excluding ortho intramolecular Hbond substituents is 1. The van der Waals surface area contributed by atoms with Crippen LogP contribution in [0.2, 0.25) is 0 Å². The standard InChI is InChI=1S/C25H27N3O4S/c1-31-19-7-4-17(5-8-19)24-26-20-10-13-28(25(30)23(20)33-24)18-6-9-22(21(29)16-18)32-15-14-27-11-2-3-12-27/h4-9,16,29H,2-3,10-15H2,1H3. The number of hydrogen-bond acceptors (Lipinski definition) is 7. The molecule has 0 aliphatic carbocycles. The molecule has 1 N–H and O–H groups in total. The van der Waals surface area contributed by atoms with Crippen LogP contribution < -0.4 is 14.4 Å². The van der Waals surface area contributed by atoms with Gasteiger partial charge in [0.1, 0.15) is 22.2 Å². The molecule has 0 radical (unpaired) electrons. The first-order valence-corrected chi connectivity index (χ1v) is 12.1. The lowest BCUT2D eigenvalue weighted by Crippen LogP contribution is -2.36. The van der Waals surface area contributed by atoms with Gasteiger partial charge in [0, 0.05) is 36.8 Å². The lowest BCUT2D eigenvalue weighted by atomic mass is 10.1. The molecule has 2 aliphatic rings. The van der Waals surface area contributed by atoms with Gasteiger partial charge in [-0.1, -0.05) is 0 Å². The fourth-order valence-corrected chi connectivity index (χ4v) is 5.39. The minimum Gasteiger partial charge on any atom is -0.504 e. The van der Waals surface area contributed by atoms with E-state index < -0.39 is 0 Å². The molecule has 1 amide bonds. The normalized spacial score (nSPS) is 16.2. The average molecular weight is 466 g/mol. The third-order valence-corrected chi connectivity index (χ3v) is 7.30. The van der Waals surface area contributed by atoms with Gasteiger partial charge in [0.25, 0.3) is 5.91 Å². The number of phenols is 1. The summed E-state index contributed by atoms with van der Waals surface area (Å²) < 4.78 is 11.0. The van der Waals surface area contributed by atoms with Crippen LogP contribution in [-0.2, 0) is 6.42 Å². The summed E-state index contributed by atoms with van der Waals surface area (Å²) in [5.41, 5.74) is 2.45. The van der Waals surface area contributed by atoms with Gasteiger partial charge in [0.2, 0.25) is 0 Å². The van der Waals surface area contributed by atoms with E-state index in [0.717, 1.165) is 41.6 Å². The highest BCUT2D eigenvalue weighted by molar-refractivity contribution is 7.17. The minimum absolute atomic E-state index is 0.0516. The molecule has 33 heavy (non-hydrogen) atoms. The summed E-state index contributed by atoms with van der Waals surface area (Å²) in [6, 6.07) is 12.9. The molecule has 8 heteroatoms. The average Bonchev–Trinajstić information content (AvgIpc) is 3.51. The highest BCUT2D eigenvalue weighted by Crippen LogP contribution is 2.36. The van der Waals surface area contributed by atoms with Crippen molar-refractivity contribution in [2.75, 3.05) is 44.8 Å². The van der Waals surface area contributed by atoms with Crippen molar-refractivity contribution in [1.82, 2.24) is 9.88 Å². The van der Waals surface area contributed by atoms with Crippen molar-refractivity contribution >= 4 is 22.9 Å². The van der Waals surface area contributed by atoms with E-state index in [1.165, 1.54) is 24.2 Å². The van der Waals surface area contributed by atoms with Crippen molar-refractivity contribution < 1.29 is 19.4 Å². The Bertz CT molecular complexity index is 1140. The molecular weight excluding hydrogens is 438 g/mol. The van der Waals surface area contributed by atoms with Crippen LogP contribution in [0.25, 0.3) is 10.6 Å². The number of aromatic nitrogens is 1. The predicted molar refractivity (Wildman–Crippen MR) is 129 cm³/mol. The zero-order valence-electron chi connectivity index (χ0n) is 18.6. The molecule has 3 heterocycles. The first-order valence-electron chi connectivity index (χ1n) is 11.3. The van der Waals surface area contributed by atoms with Gasteiger partial charge in [-0.05, 0) is 62.3 Å². The summed E-state index contributed by atoms with van der Waals surface area (Å²) in [4.78, 5) is 22.7. The van der Waals surface area contributed by atoms with Crippen LogP contribution in [0.15, 0.2) is 42.5 Å². The van der Waals surface area contributed by atoms with Gasteiger partial charge in [-0.25, -0.2) is 4.98 Å². The van der Waals surface area contributed by atoms with Gasteiger partial charge in [-0.2, -0.15) is 0 Å². The molecule has 1 saturated heterocycles. The number of carbonyl (C=O) groups is 1. The lowest BCUT2D eigenvalue weighted by molar-refractivity contribution is 0.0984. The van der Waals surface area contributed by atoms with Gasteiger partial charge in [0.15, 0.2) is 11.5 Å². The Labute approximate surface area is 197 Å². The Morgan fingerprint density at radius 3 is 2.61 bits per heavy atom. The van der Waals surface area contributed by atoms with Crippen LogP contribution >= 0.6 is 11.3 Å². The molecule has 172 valence electrons. The monoisotopic (exact) mass is 465 g/mol. The molecule has 0 bridgehead atoms. The van der Waals surface area contributed by atoms with Crippen LogP contribution in [-0.4, -0.2) is 60.8 Å². The number of rotatable bonds is 7. The second-order valence-corrected chi connectivity index (χ2v) is 9.28. The number of thiazole rings is 1. The van der Waals surface area contributed by atoms with E-state index in [0.29, 0.717) is 35.9 Å². The molecule has 0 spiro atoms. The molecule has 0 atom stereocenters. The minimum atomic E-state index is -0.0874. The Kier molecular flexibility index (Phi) is 6.20. The highest BCUT2D eigenvalue weighted by atomic mass is 32.1. The van der Waals surface area contributed by atoms with Crippen LogP contribution in [0.4, 0.5) is 5.69 Å². The number of fused-ring (bicyclic) bond motifs is 1. The van der Waals surface area contributed by atoms with Gasteiger partial charge >= 0.3 is 0 Å². The number of aromatic hydroxyl groups is 1. The van der Waals surface area contributed by atoms with Gasteiger partial charge in [-0.3, -0.25) is 9.69 Å². The number of ether oxygens (including phenoxy) is 2. The third kappa shape index (κ3) is 4.54. The molecular formula is C25H27N3O4S. The van der Waals surface area contributed by atoms with Crippen molar-refractivity contribution in [3.05, 3.63) is 53.0 Å². The Balaban J connectivity index is 1.28. The smallest absolute Gasteiger partial charge is 0.270 e. The summed E-state index contributed by atoms with van der Waals surface area (Å²) >= 11 is 1.40. The molecule has 1 aromatic heterocycles. The van der Waals surface area contributed by atoms with E-state index in [1.807, 2.05) is 30.3 Å². The summed E-state index contributed by atoms with van der Waals surface area (Å²) in [6.07, 6.45) is 3.16. The van der Waals surface area contributed by atoms with Crippen LogP contribution in [0.5, 0.6) is 17.2 Å². The molecule has 0 unspecified atom stereocenters. The van der Waals surface area contributed by atoms with E-state index in [4.69, 9.17) is 14.5 Å². The van der Waals surface area contributed by atoms with E-state index in [2.05, 4.69) is 4.90 Å². The van der Waals surface area contributed by atoms with Gasteiger partial charge < -0.3 is 19.5 Å². The second-order valence-electron chi connectivity index (χ2n) is 8.28. The Morgan fingerprint density at radius 1 is 1.09 bits per heavy atom. The maximum absolute atomic E-state index is 13.2. The summed E-state index contributed by atoms with van der Waals surface area (Å²) in [6.45, 7) is 4.15. The van der Waals surface area contributed by atoms with Crippen molar-refractivity contribution in [2.45, 2.75) is 19.3 Å². The summed E-state index contributed by atoms with van der Waals surface area (Å²) in [7, 11) is 1.63. The lowest BCUT2D eigenvalue weighted by Gasteiger charge is -2.26. The fourth-order valence-electron chi connectivity index (χ4n) is 4.32. The molecule has 0 saturated carbocycles. The molecule has 2 aliphatic heterocycles. The van der Waals surface area contributed by atoms with E-state index >= 15 is 0 Å². The van der Waals surface area contributed by atoms with E-state index in [-0.39, 0.29) is 11.7 Å². The molecule has 5 rings (SSSR count). The third-order valence-electron chi connectivity index (χ3n) is 6.16. The van der Waals surface area contributed by atoms with Crippen LogP contribution in [0.3, 0.4) is 0 Å². The van der Waals surface area contributed by atoms with Crippen LogP contribution in [0, 0.1) is 0 Å². The number of hydrogen-bond donors (Lipinski definition) is 1. The number of nitrogens with zero attached hydrogens (tertiary/aromatic N) is 3. The molecule has 2 aromatic carbocycles. The SMILES string of the molecule is COc1ccc(-c2nc3c(s2)C(=O)N(c2ccc(OCCN4CCCC4)c(O)c2)CC3)cc1. The first kappa shape index (κ1) is 21.7. The summed E-state index contributed by atoms with van der Waals surface area (Å²) in [5.74, 6) is 1.19. The number of carbonyl (C=O) groups excluding carboxylic acids is 1.